The molecule has 0 fully saturated rings. The van der Waals surface area contributed by atoms with Crippen LogP contribution in [0.4, 0.5) is 4.39 Å². The quantitative estimate of drug-likeness (QED) is 0.798. The van der Waals surface area contributed by atoms with Crippen molar-refractivity contribution in [3.05, 3.63) is 56.2 Å². The highest BCUT2D eigenvalue weighted by molar-refractivity contribution is 9.10. The van der Waals surface area contributed by atoms with Crippen molar-refractivity contribution in [1.82, 2.24) is 0 Å². The van der Waals surface area contributed by atoms with Crippen LogP contribution in [0.2, 0.25) is 0 Å². The number of nitrogens with two attached hydrogens (primary N) is 1. The first-order chi connectivity index (χ1) is 10.1. The number of benzene rings is 2. The second-order valence-corrected chi connectivity index (χ2v) is 6.34. The van der Waals surface area contributed by atoms with Crippen LogP contribution in [0.15, 0.2) is 39.3 Å². The molecule has 110 valence electrons. The highest BCUT2D eigenvalue weighted by Crippen LogP contribution is 2.40. The third-order valence-electron chi connectivity index (χ3n) is 3.31. The summed E-state index contributed by atoms with van der Waals surface area (Å²) in [4.78, 5) is 0. The topological polar surface area (TPSA) is 44.5 Å². The van der Waals surface area contributed by atoms with E-state index >= 15 is 0 Å². The van der Waals surface area contributed by atoms with Crippen LogP contribution in [0.1, 0.15) is 17.2 Å². The number of halogens is 3. The molecule has 0 amide bonds. The van der Waals surface area contributed by atoms with E-state index in [1.54, 1.807) is 24.3 Å². The monoisotopic (exact) mass is 415 g/mol. The Morgan fingerprint density at radius 2 is 1.71 bits per heavy atom. The second kappa shape index (κ2) is 5.94. The van der Waals surface area contributed by atoms with Gasteiger partial charge in [0.05, 0.1) is 6.04 Å². The van der Waals surface area contributed by atoms with E-state index in [4.69, 9.17) is 15.2 Å². The van der Waals surface area contributed by atoms with E-state index in [1.165, 1.54) is 6.07 Å². The zero-order valence-corrected chi connectivity index (χ0v) is 14.1. The van der Waals surface area contributed by atoms with E-state index in [0.717, 1.165) is 10.0 Å². The van der Waals surface area contributed by atoms with Gasteiger partial charge in [0.2, 0.25) is 0 Å². The summed E-state index contributed by atoms with van der Waals surface area (Å²) in [6, 6.07) is 7.77. The van der Waals surface area contributed by atoms with Gasteiger partial charge in [-0.2, -0.15) is 0 Å². The molecule has 0 saturated carbocycles. The lowest BCUT2D eigenvalue weighted by Gasteiger charge is -2.22. The van der Waals surface area contributed by atoms with Crippen molar-refractivity contribution < 1.29 is 13.9 Å². The Hall–Kier alpha value is -1.11. The molecule has 1 aliphatic heterocycles. The third kappa shape index (κ3) is 2.80. The summed E-state index contributed by atoms with van der Waals surface area (Å²) >= 11 is 6.82. The third-order valence-corrected chi connectivity index (χ3v) is 4.69. The molecule has 1 atom stereocenters. The van der Waals surface area contributed by atoms with Crippen molar-refractivity contribution in [2.75, 3.05) is 13.2 Å². The van der Waals surface area contributed by atoms with Crippen LogP contribution in [0.5, 0.6) is 11.5 Å². The van der Waals surface area contributed by atoms with E-state index < -0.39 is 6.04 Å². The molecule has 0 aromatic heterocycles. The van der Waals surface area contributed by atoms with Gasteiger partial charge >= 0.3 is 0 Å². The first-order valence-corrected chi connectivity index (χ1v) is 7.95. The van der Waals surface area contributed by atoms with E-state index in [1.807, 2.05) is 0 Å². The zero-order chi connectivity index (χ0) is 15.0. The number of hydrogen-bond donors (Lipinski definition) is 1. The van der Waals surface area contributed by atoms with Crippen molar-refractivity contribution in [1.29, 1.82) is 0 Å². The maximum atomic E-state index is 14.1. The summed E-state index contributed by atoms with van der Waals surface area (Å²) in [6.07, 6.45) is 0. The van der Waals surface area contributed by atoms with E-state index in [-0.39, 0.29) is 5.82 Å². The van der Waals surface area contributed by atoms with Gasteiger partial charge in [0.1, 0.15) is 19.0 Å². The number of fused-ring (bicyclic) bond motifs is 1. The molecule has 21 heavy (non-hydrogen) atoms. The van der Waals surface area contributed by atoms with E-state index in [0.29, 0.717) is 34.7 Å². The van der Waals surface area contributed by atoms with Gasteiger partial charge in [-0.15, -0.1) is 0 Å². The van der Waals surface area contributed by atoms with Gasteiger partial charge in [0.25, 0.3) is 0 Å². The molecule has 2 N–H and O–H groups in total. The van der Waals surface area contributed by atoms with Gasteiger partial charge in [-0.25, -0.2) is 4.39 Å². The van der Waals surface area contributed by atoms with Crippen LogP contribution >= 0.6 is 31.9 Å². The Morgan fingerprint density at radius 3 is 2.38 bits per heavy atom. The van der Waals surface area contributed by atoms with Crippen LogP contribution in [0, 0.1) is 5.82 Å². The van der Waals surface area contributed by atoms with Crippen LogP contribution in [-0.4, -0.2) is 13.2 Å². The summed E-state index contributed by atoms with van der Waals surface area (Å²) in [5.41, 5.74) is 7.41. The predicted octanol–water partition coefficient (Wildman–Crippen LogP) is 4.17. The van der Waals surface area contributed by atoms with Crippen molar-refractivity contribution in [3.63, 3.8) is 0 Å². The smallest absolute Gasteiger partial charge is 0.162 e. The first-order valence-electron chi connectivity index (χ1n) is 6.36. The Bertz CT molecular complexity index is 673. The maximum absolute atomic E-state index is 14.1. The summed E-state index contributed by atoms with van der Waals surface area (Å²) < 4.78 is 26.5. The van der Waals surface area contributed by atoms with Crippen LogP contribution in [-0.2, 0) is 0 Å². The first kappa shape index (κ1) is 14.8. The highest BCUT2D eigenvalue weighted by Gasteiger charge is 2.22. The number of rotatable bonds is 2. The SMILES string of the molecule is NC(c1cc2c(cc1Br)OCCO2)c1c(F)cccc1Br. The fraction of sp³-hybridized carbons (Fsp3) is 0.200. The van der Waals surface area contributed by atoms with Crippen LogP contribution < -0.4 is 15.2 Å². The summed E-state index contributed by atoms with van der Waals surface area (Å²) in [6.45, 7) is 1.01. The van der Waals surface area contributed by atoms with Gasteiger partial charge in [-0.3, -0.25) is 0 Å². The van der Waals surface area contributed by atoms with Gasteiger partial charge in [0, 0.05) is 14.5 Å². The van der Waals surface area contributed by atoms with Crippen LogP contribution in [0.25, 0.3) is 0 Å². The summed E-state index contributed by atoms with van der Waals surface area (Å²) in [7, 11) is 0. The lowest BCUT2D eigenvalue weighted by atomic mass is 9.98. The van der Waals surface area contributed by atoms with E-state index in [9.17, 15) is 4.39 Å². The molecule has 2 aromatic carbocycles. The predicted molar refractivity (Wildman–Crippen MR) is 85.3 cm³/mol. The average molecular weight is 417 g/mol. The van der Waals surface area contributed by atoms with Gasteiger partial charge in [0.15, 0.2) is 11.5 Å². The second-order valence-electron chi connectivity index (χ2n) is 4.63. The molecule has 0 spiro atoms. The molecule has 3 nitrogen and oxygen atoms in total. The molecule has 1 heterocycles. The van der Waals surface area contributed by atoms with E-state index in [2.05, 4.69) is 31.9 Å². The minimum Gasteiger partial charge on any atom is -0.486 e. The molecular formula is C15H12Br2FNO2. The standard InChI is InChI=1S/C15H12Br2FNO2/c16-9-2-1-3-11(18)14(9)15(19)8-6-12-13(7-10(8)17)21-5-4-20-12/h1-3,6-7,15H,4-5,19H2. The molecule has 1 unspecified atom stereocenters. The maximum Gasteiger partial charge on any atom is 0.162 e. The largest absolute Gasteiger partial charge is 0.486 e. The normalized spacial score (nSPS) is 14.9. The zero-order valence-electron chi connectivity index (χ0n) is 10.9. The molecule has 2 aromatic rings. The Kier molecular flexibility index (Phi) is 4.19. The molecule has 0 radical (unpaired) electrons. The van der Waals surface area contributed by atoms with Gasteiger partial charge < -0.3 is 15.2 Å². The fourth-order valence-corrected chi connectivity index (χ4v) is 3.44. The summed E-state index contributed by atoms with van der Waals surface area (Å²) in [5.74, 6) is 0.942. The molecule has 0 bridgehead atoms. The fourth-order valence-electron chi connectivity index (χ4n) is 2.28. The van der Waals surface area contributed by atoms with Crippen molar-refractivity contribution >= 4 is 31.9 Å². The van der Waals surface area contributed by atoms with Crippen molar-refractivity contribution in [2.45, 2.75) is 6.04 Å². The molecule has 3 rings (SSSR count). The molecule has 6 heteroatoms. The Labute approximate surface area is 138 Å². The number of hydrogen-bond acceptors (Lipinski definition) is 3. The lowest BCUT2D eigenvalue weighted by Crippen LogP contribution is -2.18. The van der Waals surface area contributed by atoms with Gasteiger partial charge in [-0.1, -0.05) is 37.9 Å². The minimum atomic E-state index is -0.620. The highest BCUT2D eigenvalue weighted by atomic mass is 79.9. The molecule has 0 aliphatic carbocycles. The van der Waals surface area contributed by atoms with Gasteiger partial charge in [-0.05, 0) is 29.8 Å². The molecule has 1 aliphatic rings. The minimum absolute atomic E-state index is 0.348. The number of ether oxygens (including phenoxy) is 2. The Balaban J connectivity index is 2.07. The van der Waals surface area contributed by atoms with Crippen molar-refractivity contribution in [2.24, 2.45) is 5.73 Å². The lowest BCUT2D eigenvalue weighted by molar-refractivity contribution is 0.171. The Morgan fingerprint density at radius 1 is 1.05 bits per heavy atom. The van der Waals surface area contributed by atoms with Crippen molar-refractivity contribution in [3.8, 4) is 11.5 Å². The molecule has 0 saturated heterocycles. The van der Waals surface area contributed by atoms with Crippen LogP contribution in [0.3, 0.4) is 0 Å². The average Bonchev–Trinajstić information content (AvgIpc) is 2.46. The summed E-state index contributed by atoms with van der Waals surface area (Å²) in [5, 5.41) is 0. The molecular weight excluding hydrogens is 405 g/mol.